The molecule has 0 radical (unpaired) electrons. The van der Waals surface area contributed by atoms with Crippen LogP contribution in [0.5, 0.6) is 0 Å². The van der Waals surface area contributed by atoms with E-state index in [2.05, 4.69) is 20.3 Å². The standard InChI is InChI=1S/C15H21N5O4/c21-5-9-11(22)12(23)15(24-9)20-7-18-10-13(16-6-17-14(10)20)19-8-3-1-2-4-8/h6-9,11-12,15,21-23H,1-5H2,(H,16,17,19)/t9-,11+,12-,15-/m1/s1. The molecule has 0 amide bonds. The Morgan fingerprint density at radius 2 is 1.96 bits per heavy atom. The number of anilines is 1. The molecule has 0 aromatic carbocycles. The van der Waals surface area contributed by atoms with Crippen LogP contribution < -0.4 is 5.32 Å². The van der Waals surface area contributed by atoms with E-state index < -0.39 is 24.5 Å². The van der Waals surface area contributed by atoms with Crippen molar-refractivity contribution in [2.45, 2.75) is 56.3 Å². The number of imidazole rings is 1. The number of hydrogen-bond acceptors (Lipinski definition) is 8. The van der Waals surface area contributed by atoms with Crippen LogP contribution in [-0.2, 0) is 4.74 Å². The normalized spacial score (nSPS) is 31.1. The number of rotatable bonds is 4. The summed E-state index contributed by atoms with van der Waals surface area (Å²) in [5, 5.41) is 32.8. The third kappa shape index (κ3) is 2.53. The first kappa shape index (κ1) is 15.7. The summed E-state index contributed by atoms with van der Waals surface area (Å²) in [6.45, 7) is -0.370. The third-order valence-electron chi connectivity index (χ3n) is 4.85. The van der Waals surface area contributed by atoms with Crippen molar-refractivity contribution < 1.29 is 20.1 Å². The molecule has 2 aromatic rings. The molecule has 1 saturated heterocycles. The highest BCUT2D eigenvalue weighted by Gasteiger charge is 2.44. The molecule has 2 aliphatic rings. The number of aliphatic hydroxyl groups excluding tert-OH is 3. The molecule has 9 nitrogen and oxygen atoms in total. The average molecular weight is 335 g/mol. The Morgan fingerprint density at radius 3 is 2.67 bits per heavy atom. The molecule has 4 N–H and O–H groups in total. The van der Waals surface area contributed by atoms with Gasteiger partial charge in [-0.2, -0.15) is 0 Å². The average Bonchev–Trinajstić information content (AvgIpc) is 3.30. The Balaban J connectivity index is 1.65. The van der Waals surface area contributed by atoms with E-state index in [1.165, 1.54) is 25.5 Å². The molecule has 0 spiro atoms. The van der Waals surface area contributed by atoms with Crippen LogP contribution in [0.4, 0.5) is 5.82 Å². The Kier molecular flexibility index (Phi) is 4.09. The molecular weight excluding hydrogens is 314 g/mol. The first-order valence-electron chi connectivity index (χ1n) is 8.25. The zero-order valence-electron chi connectivity index (χ0n) is 13.1. The van der Waals surface area contributed by atoms with Gasteiger partial charge in [0.15, 0.2) is 23.2 Å². The highest BCUT2D eigenvalue weighted by Crippen LogP contribution is 2.32. The minimum atomic E-state index is -1.17. The molecule has 0 unspecified atom stereocenters. The molecule has 2 aromatic heterocycles. The van der Waals surface area contributed by atoms with E-state index in [0.717, 1.165) is 12.8 Å². The molecule has 24 heavy (non-hydrogen) atoms. The van der Waals surface area contributed by atoms with Gasteiger partial charge in [-0.15, -0.1) is 0 Å². The summed E-state index contributed by atoms with van der Waals surface area (Å²) in [6.07, 6.45) is 3.60. The van der Waals surface area contributed by atoms with Crippen molar-refractivity contribution in [2.24, 2.45) is 0 Å². The van der Waals surface area contributed by atoms with Crippen LogP contribution in [0.25, 0.3) is 11.2 Å². The van der Waals surface area contributed by atoms with Crippen LogP contribution in [0.3, 0.4) is 0 Å². The van der Waals surface area contributed by atoms with Gasteiger partial charge in [0.2, 0.25) is 0 Å². The molecule has 4 rings (SSSR count). The summed E-state index contributed by atoms with van der Waals surface area (Å²) in [5.74, 6) is 0.664. The second-order valence-corrected chi connectivity index (χ2v) is 6.40. The van der Waals surface area contributed by atoms with Crippen LogP contribution in [0.15, 0.2) is 12.7 Å². The van der Waals surface area contributed by atoms with Crippen LogP contribution in [0.2, 0.25) is 0 Å². The Labute approximate surface area is 138 Å². The van der Waals surface area contributed by atoms with Crippen molar-refractivity contribution in [1.29, 1.82) is 0 Å². The van der Waals surface area contributed by atoms with Crippen molar-refractivity contribution in [3.05, 3.63) is 12.7 Å². The Morgan fingerprint density at radius 1 is 1.17 bits per heavy atom. The van der Waals surface area contributed by atoms with E-state index in [9.17, 15) is 15.3 Å². The topological polar surface area (TPSA) is 126 Å². The van der Waals surface area contributed by atoms with Gasteiger partial charge in [-0.3, -0.25) is 4.57 Å². The van der Waals surface area contributed by atoms with E-state index in [-0.39, 0.29) is 6.61 Å². The predicted molar refractivity (Wildman–Crippen MR) is 84.2 cm³/mol. The minimum Gasteiger partial charge on any atom is -0.394 e. The first-order valence-corrected chi connectivity index (χ1v) is 8.25. The molecule has 9 heteroatoms. The Bertz CT molecular complexity index is 717. The lowest BCUT2D eigenvalue weighted by Crippen LogP contribution is -2.33. The summed E-state index contributed by atoms with van der Waals surface area (Å²) in [5.41, 5.74) is 1.11. The number of nitrogens with zero attached hydrogens (tertiary/aromatic N) is 4. The van der Waals surface area contributed by atoms with Crippen LogP contribution in [0.1, 0.15) is 31.9 Å². The van der Waals surface area contributed by atoms with Crippen LogP contribution in [0, 0.1) is 0 Å². The fourth-order valence-electron chi connectivity index (χ4n) is 3.52. The number of fused-ring (bicyclic) bond motifs is 1. The van der Waals surface area contributed by atoms with Gasteiger partial charge in [0.25, 0.3) is 0 Å². The third-order valence-corrected chi connectivity index (χ3v) is 4.85. The van der Waals surface area contributed by atoms with Crippen molar-refractivity contribution in [2.75, 3.05) is 11.9 Å². The molecule has 4 atom stereocenters. The van der Waals surface area contributed by atoms with Gasteiger partial charge in [0.1, 0.15) is 24.6 Å². The number of hydrogen-bond donors (Lipinski definition) is 4. The minimum absolute atomic E-state index is 0.370. The summed E-state index contributed by atoms with van der Waals surface area (Å²) in [7, 11) is 0. The molecule has 3 heterocycles. The molecule has 0 bridgehead atoms. The van der Waals surface area contributed by atoms with Crippen molar-refractivity contribution in [1.82, 2.24) is 19.5 Å². The number of aromatic nitrogens is 4. The molecule has 1 saturated carbocycles. The van der Waals surface area contributed by atoms with E-state index in [1.807, 2.05) is 0 Å². The zero-order chi connectivity index (χ0) is 16.7. The maximum atomic E-state index is 10.2. The fourth-order valence-corrected chi connectivity index (χ4v) is 3.52. The van der Waals surface area contributed by atoms with E-state index in [0.29, 0.717) is 23.0 Å². The van der Waals surface area contributed by atoms with Crippen molar-refractivity contribution in [3.8, 4) is 0 Å². The van der Waals surface area contributed by atoms with E-state index in [1.54, 1.807) is 4.57 Å². The predicted octanol–water partition coefficient (Wildman–Crippen LogP) is -0.208. The maximum Gasteiger partial charge on any atom is 0.167 e. The SMILES string of the molecule is OC[C@H]1O[C@@H](n2cnc3c(NC4CCCC4)ncnc32)[C@H](O)[C@H]1O. The van der Waals surface area contributed by atoms with E-state index >= 15 is 0 Å². The summed E-state index contributed by atoms with van der Waals surface area (Å²) >= 11 is 0. The van der Waals surface area contributed by atoms with E-state index in [4.69, 9.17) is 4.74 Å². The van der Waals surface area contributed by atoms with Gasteiger partial charge in [-0.05, 0) is 12.8 Å². The second kappa shape index (κ2) is 6.25. The fraction of sp³-hybridized carbons (Fsp3) is 0.667. The first-order chi connectivity index (χ1) is 11.7. The number of nitrogens with one attached hydrogen (secondary N) is 1. The number of ether oxygens (including phenoxy) is 1. The zero-order valence-corrected chi connectivity index (χ0v) is 13.1. The Hall–Kier alpha value is -1.81. The van der Waals surface area contributed by atoms with Gasteiger partial charge in [0.05, 0.1) is 12.9 Å². The van der Waals surface area contributed by atoms with Gasteiger partial charge in [-0.25, -0.2) is 15.0 Å². The lowest BCUT2D eigenvalue weighted by molar-refractivity contribution is -0.0511. The molecule has 1 aliphatic carbocycles. The van der Waals surface area contributed by atoms with Crippen LogP contribution in [-0.4, -0.2) is 65.8 Å². The highest BCUT2D eigenvalue weighted by atomic mass is 16.6. The smallest absolute Gasteiger partial charge is 0.167 e. The van der Waals surface area contributed by atoms with Gasteiger partial charge < -0.3 is 25.4 Å². The summed E-state index contributed by atoms with van der Waals surface area (Å²) in [6, 6.07) is 0.391. The molecular formula is C15H21N5O4. The van der Waals surface area contributed by atoms with Gasteiger partial charge in [-0.1, -0.05) is 12.8 Å². The van der Waals surface area contributed by atoms with Crippen LogP contribution >= 0.6 is 0 Å². The maximum absolute atomic E-state index is 10.2. The monoisotopic (exact) mass is 335 g/mol. The molecule has 130 valence electrons. The molecule has 1 aliphatic heterocycles. The quantitative estimate of drug-likeness (QED) is 0.605. The lowest BCUT2D eigenvalue weighted by atomic mass is 10.1. The van der Waals surface area contributed by atoms with Crippen molar-refractivity contribution >= 4 is 17.0 Å². The second-order valence-electron chi connectivity index (χ2n) is 6.40. The van der Waals surface area contributed by atoms with Gasteiger partial charge >= 0.3 is 0 Å². The number of aliphatic hydroxyl groups is 3. The van der Waals surface area contributed by atoms with Gasteiger partial charge in [0, 0.05) is 6.04 Å². The highest BCUT2D eigenvalue weighted by molar-refractivity contribution is 5.82. The summed E-state index contributed by atoms with van der Waals surface area (Å²) in [4.78, 5) is 12.9. The largest absolute Gasteiger partial charge is 0.394 e. The van der Waals surface area contributed by atoms with Crippen molar-refractivity contribution in [3.63, 3.8) is 0 Å². The summed E-state index contributed by atoms with van der Waals surface area (Å²) < 4.78 is 7.12. The lowest BCUT2D eigenvalue weighted by Gasteiger charge is -2.17. The molecule has 2 fully saturated rings.